The van der Waals surface area contributed by atoms with Gasteiger partial charge < -0.3 is 10.6 Å². The molecule has 1 aromatic heterocycles. The molecule has 1 heterocycles. The van der Waals surface area contributed by atoms with Gasteiger partial charge in [0.1, 0.15) is 4.88 Å². The minimum atomic E-state index is -0.246. The second-order valence-corrected chi connectivity index (χ2v) is 8.86. The van der Waals surface area contributed by atoms with Crippen LogP contribution in [0.1, 0.15) is 65.7 Å². The number of rotatable bonds is 9. The molecular weight excluding hydrogens is 396 g/mol. The molecule has 1 atom stereocenters. The number of aryl methyl sites for hydroxylation is 4. The molecule has 0 bridgehead atoms. The molecule has 0 spiro atoms. The summed E-state index contributed by atoms with van der Waals surface area (Å²) >= 11 is 1.21. The van der Waals surface area contributed by atoms with Crippen LogP contribution in [0.3, 0.4) is 0 Å². The van der Waals surface area contributed by atoms with Crippen LogP contribution in [0.4, 0.5) is 10.8 Å². The van der Waals surface area contributed by atoms with E-state index in [1.165, 1.54) is 11.3 Å². The van der Waals surface area contributed by atoms with Crippen LogP contribution in [0.2, 0.25) is 0 Å². The van der Waals surface area contributed by atoms with Gasteiger partial charge in [0.2, 0.25) is 5.91 Å². The van der Waals surface area contributed by atoms with Gasteiger partial charge in [-0.1, -0.05) is 42.9 Å². The third kappa shape index (κ3) is 5.89. The maximum absolute atomic E-state index is 12.9. The number of hydrogen-bond donors (Lipinski definition) is 2. The molecule has 0 fully saturated rings. The maximum Gasteiger partial charge on any atom is 0.267 e. The Morgan fingerprint density at radius 2 is 1.60 bits per heavy atom. The van der Waals surface area contributed by atoms with E-state index in [1.54, 1.807) is 6.92 Å². The van der Waals surface area contributed by atoms with Gasteiger partial charge in [0.25, 0.3) is 5.91 Å². The summed E-state index contributed by atoms with van der Waals surface area (Å²) in [5.74, 6) is -0.296. The fourth-order valence-electron chi connectivity index (χ4n) is 3.66. The highest BCUT2D eigenvalue weighted by molar-refractivity contribution is 7.17. The fourth-order valence-corrected chi connectivity index (χ4v) is 4.52. The monoisotopic (exact) mass is 430 g/mol. The quantitative estimate of drug-likeness (QED) is 0.582. The van der Waals surface area contributed by atoms with Crippen molar-refractivity contribution in [2.24, 2.45) is 0 Å². The van der Waals surface area contributed by atoms with Crippen LogP contribution in [0.25, 0.3) is 0 Å². The molecule has 2 amide bonds. The van der Waals surface area contributed by atoms with E-state index in [1.807, 2.05) is 39.8 Å². The predicted molar refractivity (Wildman–Crippen MR) is 126 cm³/mol. The summed E-state index contributed by atoms with van der Waals surface area (Å²) < 4.78 is 0. The first-order valence-electron chi connectivity index (χ1n) is 10.6. The first-order valence-corrected chi connectivity index (χ1v) is 11.4. The minimum Gasteiger partial charge on any atom is -0.321 e. The van der Waals surface area contributed by atoms with E-state index in [0.717, 1.165) is 48.3 Å². The zero-order valence-electron chi connectivity index (χ0n) is 19.2. The zero-order chi connectivity index (χ0) is 22.4. The van der Waals surface area contributed by atoms with Crippen molar-refractivity contribution in [3.63, 3.8) is 0 Å². The Bertz CT molecular complexity index is 878. The van der Waals surface area contributed by atoms with Gasteiger partial charge in [-0.3, -0.25) is 14.5 Å². The lowest BCUT2D eigenvalue weighted by molar-refractivity contribution is -0.120. The molecule has 1 unspecified atom stereocenters. The number of nitrogens with one attached hydrogen (secondary N) is 2. The molecule has 1 aromatic carbocycles. The van der Waals surface area contributed by atoms with Crippen molar-refractivity contribution in [3.05, 3.63) is 39.4 Å². The number of carbonyl (C=O) groups excluding carboxylic acids is 2. The van der Waals surface area contributed by atoms with Crippen LogP contribution in [0.5, 0.6) is 0 Å². The van der Waals surface area contributed by atoms with Gasteiger partial charge in [-0.25, -0.2) is 4.98 Å². The molecule has 0 aliphatic carbocycles. The van der Waals surface area contributed by atoms with Crippen molar-refractivity contribution in [3.8, 4) is 0 Å². The number of hydrogen-bond acceptors (Lipinski definition) is 5. The van der Waals surface area contributed by atoms with Gasteiger partial charge in [0, 0.05) is 5.69 Å². The van der Waals surface area contributed by atoms with E-state index in [0.29, 0.717) is 15.7 Å². The Labute approximate surface area is 184 Å². The van der Waals surface area contributed by atoms with Crippen LogP contribution in [0, 0.1) is 27.7 Å². The Morgan fingerprint density at radius 1 is 1.03 bits per heavy atom. The Kier molecular flexibility index (Phi) is 8.55. The SMILES string of the molecule is CCCN(CCC)C(C)C(=O)Nc1nc(C)c(C(=O)Nc2c(C)cc(C)cc2C)s1. The largest absolute Gasteiger partial charge is 0.321 e. The number of carbonyl (C=O) groups is 2. The zero-order valence-corrected chi connectivity index (χ0v) is 20.0. The van der Waals surface area contributed by atoms with Crippen LogP contribution in [-0.2, 0) is 4.79 Å². The lowest BCUT2D eigenvalue weighted by atomic mass is 10.1. The second-order valence-electron chi connectivity index (χ2n) is 7.86. The topological polar surface area (TPSA) is 74.3 Å². The highest BCUT2D eigenvalue weighted by atomic mass is 32.1. The number of anilines is 2. The van der Waals surface area contributed by atoms with E-state index >= 15 is 0 Å². The number of aromatic nitrogens is 1. The molecule has 7 heteroatoms. The standard InChI is InChI=1S/C23H34N4O2S/c1-8-10-27(11-9-2)18(7)21(28)26-23-24-17(6)20(30-23)22(29)25-19-15(4)12-14(3)13-16(19)5/h12-13,18H,8-11H2,1-7H3,(H,25,29)(H,24,26,28). The molecule has 0 saturated carbocycles. The molecule has 2 N–H and O–H groups in total. The normalized spacial score (nSPS) is 12.1. The Balaban J connectivity index is 2.13. The van der Waals surface area contributed by atoms with Crippen LogP contribution < -0.4 is 10.6 Å². The van der Waals surface area contributed by atoms with Crippen LogP contribution >= 0.6 is 11.3 Å². The van der Waals surface area contributed by atoms with Gasteiger partial charge >= 0.3 is 0 Å². The highest BCUT2D eigenvalue weighted by Gasteiger charge is 2.23. The molecule has 30 heavy (non-hydrogen) atoms. The van der Waals surface area contributed by atoms with Gasteiger partial charge in [-0.2, -0.15) is 0 Å². The summed E-state index contributed by atoms with van der Waals surface area (Å²) in [4.78, 5) is 32.7. The van der Waals surface area contributed by atoms with Crippen molar-refractivity contribution in [2.45, 2.75) is 67.3 Å². The molecule has 0 saturated heterocycles. The fraction of sp³-hybridized carbons (Fsp3) is 0.522. The maximum atomic E-state index is 12.9. The van der Waals surface area contributed by atoms with Gasteiger partial charge in [-0.15, -0.1) is 0 Å². The van der Waals surface area contributed by atoms with Crippen molar-refractivity contribution in [1.29, 1.82) is 0 Å². The van der Waals surface area contributed by atoms with E-state index in [4.69, 9.17) is 0 Å². The van der Waals surface area contributed by atoms with Crippen molar-refractivity contribution in [2.75, 3.05) is 23.7 Å². The van der Waals surface area contributed by atoms with Gasteiger partial charge in [0.15, 0.2) is 5.13 Å². The van der Waals surface area contributed by atoms with E-state index in [2.05, 4.69) is 34.4 Å². The van der Waals surface area contributed by atoms with Crippen molar-refractivity contribution < 1.29 is 9.59 Å². The van der Waals surface area contributed by atoms with Crippen LogP contribution in [-0.4, -0.2) is 40.8 Å². The minimum absolute atomic E-state index is 0.0946. The van der Waals surface area contributed by atoms with Gasteiger partial charge in [0.05, 0.1) is 11.7 Å². The molecule has 6 nitrogen and oxygen atoms in total. The van der Waals surface area contributed by atoms with E-state index in [9.17, 15) is 9.59 Å². The van der Waals surface area contributed by atoms with E-state index < -0.39 is 0 Å². The van der Waals surface area contributed by atoms with E-state index in [-0.39, 0.29) is 17.9 Å². The first-order chi connectivity index (χ1) is 14.2. The summed E-state index contributed by atoms with van der Waals surface area (Å²) in [6.07, 6.45) is 1.99. The molecular formula is C23H34N4O2S. The number of thiazole rings is 1. The second kappa shape index (κ2) is 10.7. The number of amides is 2. The molecule has 164 valence electrons. The molecule has 0 aliphatic heterocycles. The number of nitrogens with zero attached hydrogens (tertiary/aromatic N) is 2. The van der Waals surface area contributed by atoms with Crippen molar-refractivity contribution in [1.82, 2.24) is 9.88 Å². The molecule has 2 rings (SSSR count). The smallest absolute Gasteiger partial charge is 0.267 e. The molecule has 0 aliphatic rings. The lowest BCUT2D eigenvalue weighted by Gasteiger charge is -2.27. The first kappa shape index (κ1) is 24.0. The summed E-state index contributed by atoms with van der Waals surface area (Å²) in [7, 11) is 0. The Morgan fingerprint density at radius 3 is 2.13 bits per heavy atom. The van der Waals surface area contributed by atoms with Crippen LogP contribution in [0.15, 0.2) is 12.1 Å². The highest BCUT2D eigenvalue weighted by Crippen LogP contribution is 2.27. The Hall–Kier alpha value is -2.25. The molecule has 2 aromatic rings. The molecule has 0 radical (unpaired) electrons. The summed E-state index contributed by atoms with van der Waals surface area (Å²) in [6.45, 7) is 15.7. The third-order valence-corrected chi connectivity index (χ3v) is 6.17. The van der Waals surface area contributed by atoms with Gasteiger partial charge in [-0.05, 0) is 71.7 Å². The average molecular weight is 431 g/mol. The number of benzene rings is 1. The summed E-state index contributed by atoms with van der Waals surface area (Å²) in [5.41, 5.74) is 4.65. The summed E-state index contributed by atoms with van der Waals surface area (Å²) in [5, 5.41) is 6.37. The summed E-state index contributed by atoms with van der Waals surface area (Å²) in [6, 6.07) is 3.85. The van der Waals surface area contributed by atoms with Crippen molar-refractivity contribution >= 4 is 34.0 Å². The third-order valence-electron chi connectivity index (χ3n) is 5.10. The predicted octanol–water partition coefficient (Wildman–Crippen LogP) is 5.08. The average Bonchev–Trinajstić information content (AvgIpc) is 3.03. The lowest BCUT2D eigenvalue weighted by Crippen LogP contribution is -2.42.